The van der Waals surface area contributed by atoms with Gasteiger partial charge in [0.05, 0.1) is 0 Å². The Bertz CT molecular complexity index is 29.0. The molecule has 0 aliphatic rings. The second kappa shape index (κ2) is 1.92. The third-order valence-electron chi connectivity index (χ3n) is 0. The van der Waals surface area contributed by atoms with Crippen LogP contribution in [0.4, 0.5) is 0 Å². The monoisotopic (exact) mass is 94.0 g/mol. The van der Waals surface area contributed by atoms with Crippen LogP contribution in [-0.4, -0.2) is 12.1 Å². The fourth-order valence-electron chi connectivity index (χ4n) is 0. The fraction of sp³-hybridized carbons (Fsp3) is 0.500. The van der Waals surface area contributed by atoms with Crippen LogP contribution in [0.1, 0.15) is 0 Å². The van der Waals surface area contributed by atoms with Crippen molar-refractivity contribution in [2.24, 2.45) is 0 Å². The van der Waals surface area contributed by atoms with E-state index < -0.39 is 0 Å². The van der Waals surface area contributed by atoms with Crippen molar-refractivity contribution in [3.05, 3.63) is 0 Å². The molecule has 26 valence electrons. The van der Waals surface area contributed by atoms with E-state index in [1.165, 1.54) is 0 Å². The topological polar surface area (TPSA) is 0 Å². The molecule has 2 unspecified atom stereocenters. The molecule has 4 heavy (non-hydrogen) atoms. The summed E-state index contributed by atoms with van der Waals surface area (Å²) in [6.07, 6.45) is 2.05. The standard InChI is InChI=1S/C2H7PS/c1-4(2)3/h1,3H2,2H3. The molecule has 0 radical (unpaired) electrons. The number of hydrogen-bond acceptors (Lipinski definition) is 0. The molecule has 0 heterocycles. The summed E-state index contributed by atoms with van der Waals surface area (Å²) in [7, 11) is 2.88. The van der Waals surface area contributed by atoms with Crippen LogP contribution in [0, 0.1) is 0 Å². The summed E-state index contributed by atoms with van der Waals surface area (Å²) in [5.41, 5.74) is 0. The normalized spacial score (nSPS) is 15.5. The molecule has 0 rings (SSSR count). The van der Waals surface area contributed by atoms with Crippen molar-refractivity contribution in [3.63, 3.8) is 0 Å². The van der Waals surface area contributed by atoms with Gasteiger partial charge >= 0.3 is 0 Å². The minimum atomic E-state index is 0.306. The van der Waals surface area contributed by atoms with Gasteiger partial charge in [0.15, 0.2) is 0 Å². The van der Waals surface area contributed by atoms with Crippen LogP contribution < -0.4 is 0 Å². The molecule has 0 aliphatic heterocycles. The molecule has 0 bridgehead atoms. The van der Waals surface area contributed by atoms with Crippen LogP contribution in [0.5, 0.6) is 0 Å². The summed E-state index contributed by atoms with van der Waals surface area (Å²) in [5.74, 6) is 3.63. The van der Waals surface area contributed by atoms with Crippen molar-refractivity contribution < 1.29 is 0 Å². The summed E-state index contributed by atoms with van der Waals surface area (Å²) in [6.45, 7) is 0. The van der Waals surface area contributed by atoms with E-state index in [1.54, 1.807) is 0 Å². The minimum absolute atomic E-state index is 0.306. The molecular weight excluding hydrogens is 87.1 g/mol. The molecule has 0 saturated carbocycles. The van der Waals surface area contributed by atoms with E-state index in [0.717, 1.165) is 0 Å². The van der Waals surface area contributed by atoms with Gasteiger partial charge in [0.2, 0.25) is 0 Å². The van der Waals surface area contributed by atoms with E-state index >= 15 is 0 Å². The molecule has 0 saturated heterocycles. The van der Waals surface area contributed by atoms with Gasteiger partial charge in [-0.3, -0.25) is 0 Å². The van der Waals surface area contributed by atoms with Crippen LogP contribution in [0.25, 0.3) is 0 Å². The minimum Gasteiger partial charge on any atom is -0.178 e. The number of rotatable bonds is 0. The first-order valence-electron chi connectivity index (χ1n) is 0.933. The van der Waals surface area contributed by atoms with Gasteiger partial charge in [-0.1, -0.05) is 14.3 Å². The average Bonchev–Trinajstić information content (AvgIpc) is 0.811. The SMILES string of the molecule is C=S(C)P. The predicted octanol–water partition coefficient (Wildman–Crippen LogP) is 1.11. The molecule has 0 aromatic heterocycles. The van der Waals surface area contributed by atoms with Gasteiger partial charge in [-0.05, 0) is 6.26 Å². The van der Waals surface area contributed by atoms with E-state index in [9.17, 15) is 0 Å². The molecule has 2 heteroatoms. The first kappa shape index (κ1) is 4.65. The van der Waals surface area contributed by atoms with Crippen molar-refractivity contribution in [1.29, 1.82) is 0 Å². The maximum atomic E-state index is 3.63. The first-order chi connectivity index (χ1) is 1.73. The zero-order valence-corrected chi connectivity index (χ0v) is 4.66. The Labute approximate surface area is 31.5 Å². The molecule has 0 amide bonds. The van der Waals surface area contributed by atoms with Gasteiger partial charge < -0.3 is 0 Å². The lowest BCUT2D eigenvalue weighted by molar-refractivity contribution is 2.54. The van der Waals surface area contributed by atoms with E-state index in [1.807, 2.05) is 6.26 Å². The molecule has 2 atom stereocenters. The smallest absolute Gasteiger partial charge is 0.0205 e. The summed E-state index contributed by atoms with van der Waals surface area (Å²) in [4.78, 5) is 0. The lowest BCUT2D eigenvalue weighted by Crippen LogP contribution is -1.27. The summed E-state index contributed by atoms with van der Waals surface area (Å²) in [5, 5.41) is 0. The van der Waals surface area contributed by atoms with Crippen LogP contribution >= 0.6 is 18.5 Å². The lowest BCUT2D eigenvalue weighted by atomic mass is 11.9. The summed E-state index contributed by atoms with van der Waals surface area (Å²) in [6, 6.07) is 0. The molecule has 0 nitrogen and oxygen atoms in total. The molecular formula is C2H7PS. The van der Waals surface area contributed by atoms with Gasteiger partial charge in [0.25, 0.3) is 0 Å². The predicted molar refractivity (Wildman–Crippen MR) is 30.3 cm³/mol. The fourth-order valence-corrected chi connectivity index (χ4v) is 0. The highest BCUT2D eigenvalue weighted by molar-refractivity contribution is 8.53. The van der Waals surface area contributed by atoms with Crippen LogP contribution in [-0.2, 0) is 0 Å². The van der Waals surface area contributed by atoms with E-state index in [-0.39, 0.29) is 0 Å². The van der Waals surface area contributed by atoms with Crippen LogP contribution in [0.2, 0.25) is 0 Å². The first-order valence-corrected chi connectivity index (χ1v) is 4.21. The van der Waals surface area contributed by atoms with Gasteiger partial charge in [0, 0.05) is 0 Å². The van der Waals surface area contributed by atoms with Crippen molar-refractivity contribution in [1.82, 2.24) is 0 Å². The maximum absolute atomic E-state index is 3.63. The highest BCUT2D eigenvalue weighted by Crippen LogP contribution is 2.10. The highest BCUT2D eigenvalue weighted by atomic mass is 32.7. The van der Waals surface area contributed by atoms with E-state index in [0.29, 0.717) is 10.1 Å². The summed E-state index contributed by atoms with van der Waals surface area (Å²) >= 11 is 0. The van der Waals surface area contributed by atoms with E-state index in [4.69, 9.17) is 0 Å². The van der Waals surface area contributed by atoms with Gasteiger partial charge in [0.1, 0.15) is 0 Å². The Balaban J connectivity index is 2.80. The lowest BCUT2D eigenvalue weighted by Gasteiger charge is -1.70. The van der Waals surface area contributed by atoms with Crippen molar-refractivity contribution >= 4 is 24.4 Å². The highest BCUT2D eigenvalue weighted by Gasteiger charge is 1.47. The number of hydrogen-bond donors (Lipinski definition) is 0. The molecule has 0 fully saturated rings. The molecule has 0 aliphatic carbocycles. The molecule has 0 aromatic carbocycles. The van der Waals surface area contributed by atoms with Gasteiger partial charge in [-0.15, -0.1) is 0 Å². The largest absolute Gasteiger partial charge is 0.178 e. The maximum Gasteiger partial charge on any atom is -0.0205 e. The quantitative estimate of drug-likeness (QED) is 0.311. The zero-order valence-electron chi connectivity index (χ0n) is 2.69. The van der Waals surface area contributed by atoms with Crippen molar-refractivity contribution in [2.75, 3.05) is 6.26 Å². The van der Waals surface area contributed by atoms with Crippen LogP contribution in [0.15, 0.2) is 0 Å². The van der Waals surface area contributed by atoms with E-state index in [2.05, 4.69) is 14.3 Å². The van der Waals surface area contributed by atoms with Gasteiger partial charge in [-0.25, -0.2) is 0 Å². The zero-order chi connectivity index (χ0) is 3.58. The van der Waals surface area contributed by atoms with Crippen LogP contribution in [0.3, 0.4) is 0 Å². The third kappa shape index (κ3) is 17.1. The second-order valence-electron chi connectivity index (χ2n) is 0.691. The molecule has 0 spiro atoms. The molecule has 0 N–H and O–H groups in total. The summed E-state index contributed by atoms with van der Waals surface area (Å²) < 4.78 is 0. The second-order valence-corrected chi connectivity index (χ2v) is 4.49. The Morgan fingerprint density at radius 1 is 2.00 bits per heavy atom. The van der Waals surface area contributed by atoms with Crippen molar-refractivity contribution in [2.45, 2.75) is 0 Å². The third-order valence-corrected chi connectivity index (χ3v) is 0. The Hall–Kier alpha value is 0.650. The van der Waals surface area contributed by atoms with Crippen molar-refractivity contribution in [3.8, 4) is 0 Å². The average molecular weight is 94.1 g/mol. The van der Waals surface area contributed by atoms with Gasteiger partial charge in [-0.2, -0.15) is 10.1 Å². The Kier molecular flexibility index (Phi) is 2.24. The molecule has 0 aromatic rings. The Morgan fingerprint density at radius 2 is 2.00 bits per heavy atom. The Morgan fingerprint density at radius 3 is 2.00 bits per heavy atom.